The van der Waals surface area contributed by atoms with E-state index < -0.39 is 11.8 Å². The fourth-order valence-electron chi connectivity index (χ4n) is 3.07. The number of hydrogen-bond donors (Lipinski definition) is 2. The van der Waals surface area contributed by atoms with Gasteiger partial charge in [-0.05, 0) is 23.6 Å². The van der Waals surface area contributed by atoms with Crippen LogP contribution in [0.5, 0.6) is 0 Å². The first-order valence-electron chi connectivity index (χ1n) is 8.36. The number of amides is 2. The van der Waals surface area contributed by atoms with E-state index in [2.05, 4.69) is 15.8 Å². The fraction of sp³-hybridized carbons (Fsp3) is 0.316. The Morgan fingerprint density at radius 1 is 0.958 bits per heavy atom. The van der Waals surface area contributed by atoms with Crippen LogP contribution < -0.4 is 10.7 Å². The Kier molecular flexibility index (Phi) is 5.21. The van der Waals surface area contributed by atoms with E-state index in [4.69, 9.17) is 0 Å². The minimum Gasteiger partial charge on any atom is -0.345 e. The first kappa shape index (κ1) is 16.2. The van der Waals surface area contributed by atoms with E-state index >= 15 is 0 Å². The van der Waals surface area contributed by atoms with Gasteiger partial charge in [0.25, 0.3) is 0 Å². The van der Waals surface area contributed by atoms with Crippen molar-refractivity contribution in [2.24, 2.45) is 5.10 Å². The summed E-state index contributed by atoms with van der Waals surface area (Å²) in [6.45, 7) is 0. The van der Waals surface area contributed by atoms with Crippen LogP contribution >= 0.6 is 0 Å². The lowest BCUT2D eigenvalue weighted by Crippen LogP contribution is -2.44. The molecule has 0 aliphatic heterocycles. The SMILES string of the molecule is O=C(NN=Cc1cccc2ccccc12)C(=O)NC1CCCCC1. The quantitative estimate of drug-likeness (QED) is 0.518. The van der Waals surface area contributed by atoms with Crippen LogP contribution in [0.3, 0.4) is 0 Å². The Bertz CT molecular complexity index is 759. The van der Waals surface area contributed by atoms with Gasteiger partial charge in [0.1, 0.15) is 0 Å². The zero-order chi connectivity index (χ0) is 16.8. The third-order valence-corrected chi connectivity index (χ3v) is 4.34. The smallest absolute Gasteiger partial charge is 0.329 e. The minimum absolute atomic E-state index is 0.110. The second-order valence-corrected chi connectivity index (χ2v) is 6.08. The van der Waals surface area contributed by atoms with Crippen LogP contribution in [-0.4, -0.2) is 24.1 Å². The van der Waals surface area contributed by atoms with Gasteiger partial charge in [-0.15, -0.1) is 0 Å². The molecule has 2 amide bonds. The first-order chi connectivity index (χ1) is 11.7. The molecule has 0 aromatic heterocycles. The third kappa shape index (κ3) is 3.98. The van der Waals surface area contributed by atoms with Crippen LogP contribution in [-0.2, 0) is 9.59 Å². The van der Waals surface area contributed by atoms with Gasteiger partial charge in [-0.25, -0.2) is 5.43 Å². The van der Waals surface area contributed by atoms with Crippen LogP contribution in [0.1, 0.15) is 37.7 Å². The Morgan fingerprint density at radius 3 is 2.54 bits per heavy atom. The van der Waals surface area contributed by atoms with Crippen molar-refractivity contribution in [3.63, 3.8) is 0 Å². The third-order valence-electron chi connectivity index (χ3n) is 4.34. The van der Waals surface area contributed by atoms with Gasteiger partial charge in [-0.2, -0.15) is 5.10 Å². The van der Waals surface area contributed by atoms with Crippen molar-refractivity contribution in [2.45, 2.75) is 38.1 Å². The summed E-state index contributed by atoms with van der Waals surface area (Å²) >= 11 is 0. The molecule has 1 saturated carbocycles. The second-order valence-electron chi connectivity index (χ2n) is 6.08. The van der Waals surface area contributed by atoms with Gasteiger partial charge >= 0.3 is 11.8 Å². The van der Waals surface area contributed by atoms with E-state index in [1.165, 1.54) is 6.42 Å². The molecule has 1 aliphatic carbocycles. The molecule has 0 radical (unpaired) electrons. The normalized spacial score (nSPS) is 15.5. The molecule has 0 saturated heterocycles. The highest BCUT2D eigenvalue weighted by atomic mass is 16.2. The van der Waals surface area contributed by atoms with Gasteiger partial charge in [0.05, 0.1) is 6.21 Å². The lowest BCUT2D eigenvalue weighted by atomic mass is 9.95. The predicted octanol–water partition coefficient (Wildman–Crippen LogP) is 2.74. The highest BCUT2D eigenvalue weighted by Crippen LogP contribution is 2.17. The summed E-state index contributed by atoms with van der Waals surface area (Å²) in [5.74, 6) is -1.34. The van der Waals surface area contributed by atoms with Crippen molar-refractivity contribution < 1.29 is 9.59 Å². The molecule has 124 valence electrons. The number of hydrogen-bond acceptors (Lipinski definition) is 3. The van der Waals surface area contributed by atoms with Crippen LogP contribution in [0.2, 0.25) is 0 Å². The van der Waals surface area contributed by atoms with E-state index in [-0.39, 0.29) is 6.04 Å². The molecule has 2 N–H and O–H groups in total. The molecule has 3 rings (SSSR count). The molecular weight excluding hydrogens is 302 g/mol. The Labute approximate surface area is 141 Å². The van der Waals surface area contributed by atoms with Gasteiger partial charge in [0, 0.05) is 11.6 Å². The van der Waals surface area contributed by atoms with Crippen molar-refractivity contribution in [3.8, 4) is 0 Å². The molecule has 2 aromatic rings. The summed E-state index contributed by atoms with van der Waals surface area (Å²) in [7, 11) is 0. The lowest BCUT2D eigenvalue weighted by molar-refractivity contribution is -0.139. The van der Waals surface area contributed by atoms with Crippen molar-refractivity contribution in [2.75, 3.05) is 0 Å². The highest BCUT2D eigenvalue weighted by molar-refractivity contribution is 6.35. The molecule has 5 heteroatoms. The number of fused-ring (bicyclic) bond motifs is 1. The molecule has 0 atom stereocenters. The van der Waals surface area contributed by atoms with Crippen LogP contribution in [0, 0.1) is 0 Å². The maximum atomic E-state index is 11.9. The van der Waals surface area contributed by atoms with Gasteiger partial charge < -0.3 is 5.32 Å². The standard InChI is InChI=1S/C19H21N3O2/c23-18(21-16-10-2-1-3-11-16)19(24)22-20-13-15-9-6-8-14-7-4-5-12-17(14)15/h4-9,12-13,16H,1-3,10-11H2,(H,21,23)(H,22,24). The maximum Gasteiger partial charge on any atom is 0.329 e. The molecule has 0 spiro atoms. The van der Waals surface area contributed by atoms with E-state index in [9.17, 15) is 9.59 Å². The summed E-state index contributed by atoms with van der Waals surface area (Å²) < 4.78 is 0. The predicted molar refractivity (Wildman–Crippen MR) is 94.7 cm³/mol. The average Bonchev–Trinajstić information content (AvgIpc) is 2.62. The monoisotopic (exact) mass is 323 g/mol. The Hall–Kier alpha value is -2.69. The fourth-order valence-corrected chi connectivity index (χ4v) is 3.07. The lowest BCUT2D eigenvalue weighted by Gasteiger charge is -2.22. The number of carbonyl (C=O) groups excluding carboxylic acids is 2. The molecule has 24 heavy (non-hydrogen) atoms. The number of carbonyl (C=O) groups is 2. The van der Waals surface area contributed by atoms with Crippen LogP contribution in [0.4, 0.5) is 0 Å². The van der Waals surface area contributed by atoms with E-state index in [1.54, 1.807) is 6.21 Å². The van der Waals surface area contributed by atoms with Crippen molar-refractivity contribution in [1.82, 2.24) is 10.7 Å². The number of benzene rings is 2. The average molecular weight is 323 g/mol. The highest BCUT2D eigenvalue weighted by Gasteiger charge is 2.19. The minimum atomic E-state index is -0.725. The summed E-state index contributed by atoms with van der Waals surface area (Å²) in [6.07, 6.45) is 6.86. The molecular formula is C19H21N3O2. The molecule has 5 nitrogen and oxygen atoms in total. The van der Waals surface area contributed by atoms with Crippen molar-refractivity contribution in [3.05, 3.63) is 48.0 Å². The molecule has 0 bridgehead atoms. The van der Waals surface area contributed by atoms with Gasteiger partial charge in [-0.3, -0.25) is 9.59 Å². The zero-order valence-corrected chi connectivity index (χ0v) is 13.5. The molecule has 1 aliphatic rings. The number of hydrazone groups is 1. The van der Waals surface area contributed by atoms with Gasteiger partial charge in [-0.1, -0.05) is 61.7 Å². The largest absolute Gasteiger partial charge is 0.345 e. The Morgan fingerprint density at radius 2 is 1.71 bits per heavy atom. The molecule has 0 unspecified atom stereocenters. The van der Waals surface area contributed by atoms with Crippen LogP contribution in [0.15, 0.2) is 47.6 Å². The first-order valence-corrected chi connectivity index (χ1v) is 8.36. The summed E-state index contributed by atoms with van der Waals surface area (Å²) in [5.41, 5.74) is 3.19. The van der Waals surface area contributed by atoms with Crippen molar-refractivity contribution >= 4 is 28.8 Å². The maximum absolute atomic E-state index is 11.9. The zero-order valence-electron chi connectivity index (χ0n) is 13.5. The molecule has 2 aromatic carbocycles. The topological polar surface area (TPSA) is 70.6 Å². The Balaban J connectivity index is 1.58. The second kappa shape index (κ2) is 7.73. The van der Waals surface area contributed by atoms with Crippen LogP contribution in [0.25, 0.3) is 10.8 Å². The van der Waals surface area contributed by atoms with Gasteiger partial charge in [0.15, 0.2) is 0 Å². The van der Waals surface area contributed by atoms with E-state index in [0.29, 0.717) is 0 Å². The summed E-state index contributed by atoms with van der Waals surface area (Å²) in [4.78, 5) is 23.7. The number of nitrogens with zero attached hydrogens (tertiary/aromatic N) is 1. The number of nitrogens with one attached hydrogen (secondary N) is 2. The molecule has 0 heterocycles. The van der Waals surface area contributed by atoms with Crippen molar-refractivity contribution in [1.29, 1.82) is 0 Å². The van der Waals surface area contributed by atoms with Gasteiger partial charge in [0.2, 0.25) is 0 Å². The van der Waals surface area contributed by atoms with E-state index in [0.717, 1.165) is 42.0 Å². The summed E-state index contributed by atoms with van der Waals surface area (Å²) in [5, 5.41) is 8.84. The van der Waals surface area contributed by atoms with E-state index in [1.807, 2.05) is 42.5 Å². The molecule has 1 fully saturated rings. The summed E-state index contributed by atoms with van der Waals surface area (Å²) in [6, 6.07) is 13.9. The number of rotatable bonds is 3.